The predicted octanol–water partition coefficient (Wildman–Crippen LogP) is 4.34. The second-order valence-electron chi connectivity index (χ2n) is 8.92. The number of anilines is 1. The number of nitrogens with zero attached hydrogens (tertiary/aromatic N) is 2. The van der Waals surface area contributed by atoms with Crippen molar-refractivity contribution < 1.29 is 9.53 Å². The van der Waals surface area contributed by atoms with E-state index in [0.29, 0.717) is 31.6 Å². The minimum absolute atomic E-state index is 0.0998. The van der Waals surface area contributed by atoms with Crippen LogP contribution in [0.15, 0.2) is 59.7 Å². The fourth-order valence-electron chi connectivity index (χ4n) is 5.06. The number of halogens is 1. The van der Waals surface area contributed by atoms with E-state index in [1.54, 1.807) is 0 Å². The molecule has 1 saturated heterocycles. The highest BCUT2D eigenvalue weighted by Gasteiger charge is 2.38. The number of nitrogens with one attached hydrogen (secondary N) is 2. The van der Waals surface area contributed by atoms with Gasteiger partial charge >= 0.3 is 0 Å². The van der Waals surface area contributed by atoms with Crippen LogP contribution < -0.4 is 10.7 Å². The summed E-state index contributed by atoms with van der Waals surface area (Å²) in [7, 11) is 0. The molecule has 2 heterocycles. The molecule has 2 aliphatic heterocycles. The molecule has 0 aromatic heterocycles. The molecular formula is C26H29ClN4O2. The Bertz CT molecular complexity index is 1090. The normalized spacial score (nSPS) is 24.7. The lowest BCUT2D eigenvalue weighted by atomic mass is 9.76. The number of hydrogen-bond acceptors (Lipinski definition) is 5. The van der Waals surface area contributed by atoms with Gasteiger partial charge in [0, 0.05) is 29.7 Å². The Morgan fingerprint density at radius 2 is 2.03 bits per heavy atom. The Morgan fingerprint density at radius 3 is 2.85 bits per heavy atom. The van der Waals surface area contributed by atoms with Crippen LogP contribution in [-0.2, 0) is 9.53 Å². The zero-order valence-corrected chi connectivity index (χ0v) is 19.5. The van der Waals surface area contributed by atoms with Crippen LogP contribution in [0.2, 0.25) is 5.02 Å². The number of carbonyl (C=O) groups is 1. The van der Waals surface area contributed by atoms with Crippen molar-refractivity contribution >= 4 is 28.9 Å². The SMILES string of the molecule is C/C(=N/NC(=O)CN1CCOCC1)c1ccc2c(c1)[C@H]1C=CC[C@@H]1[C@H](c1ccccc1Cl)N2. The Kier molecular flexibility index (Phi) is 6.49. The lowest BCUT2D eigenvalue weighted by Crippen LogP contribution is -2.42. The highest BCUT2D eigenvalue weighted by Crippen LogP contribution is 2.50. The molecule has 0 bridgehead atoms. The largest absolute Gasteiger partial charge is 0.379 e. The standard InChI is InChI=1S/C26H29ClN4O2/c1-17(29-30-25(32)16-31-11-13-33-14-12-31)18-9-10-24-22(15-18)19-6-4-7-20(19)26(28-24)21-5-2-3-8-23(21)27/h2-6,8-10,15,19-20,26,28H,7,11-14,16H2,1H3,(H,30,32)/b29-17-/t19-,20-,26+/m0/s1. The molecule has 3 aliphatic rings. The van der Waals surface area contributed by atoms with Gasteiger partial charge in [-0.1, -0.05) is 48.0 Å². The van der Waals surface area contributed by atoms with E-state index >= 15 is 0 Å². The molecule has 172 valence electrons. The average Bonchev–Trinajstić information content (AvgIpc) is 3.33. The molecule has 0 spiro atoms. The highest BCUT2D eigenvalue weighted by molar-refractivity contribution is 6.31. The van der Waals surface area contributed by atoms with Gasteiger partial charge in [-0.05, 0) is 54.2 Å². The molecule has 7 heteroatoms. The summed E-state index contributed by atoms with van der Waals surface area (Å²) in [6, 6.07) is 14.6. The van der Waals surface area contributed by atoms with Gasteiger partial charge in [-0.25, -0.2) is 5.43 Å². The van der Waals surface area contributed by atoms with Gasteiger partial charge in [0.2, 0.25) is 0 Å². The summed E-state index contributed by atoms with van der Waals surface area (Å²) < 4.78 is 5.33. The molecule has 5 rings (SSSR count). The van der Waals surface area contributed by atoms with E-state index in [1.165, 1.54) is 5.56 Å². The smallest absolute Gasteiger partial charge is 0.254 e. The van der Waals surface area contributed by atoms with Crippen molar-refractivity contribution in [2.45, 2.75) is 25.3 Å². The molecule has 2 aromatic rings. The van der Waals surface area contributed by atoms with Crippen LogP contribution in [0.1, 0.15) is 42.0 Å². The molecule has 6 nitrogen and oxygen atoms in total. The topological polar surface area (TPSA) is 66.0 Å². The van der Waals surface area contributed by atoms with Crippen molar-refractivity contribution in [1.29, 1.82) is 0 Å². The molecule has 0 unspecified atom stereocenters. The van der Waals surface area contributed by atoms with Gasteiger partial charge in [-0.2, -0.15) is 5.10 Å². The molecule has 1 amide bonds. The number of morpholine rings is 1. The first-order valence-corrected chi connectivity index (χ1v) is 11.9. The number of rotatable bonds is 5. The first-order chi connectivity index (χ1) is 16.1. The molecule has 1 aliphatic carbocycles. The number of allylic oxidation sites excluding steroid dienone is 2. The maximum Gasteiger partial charge on any atom is 0.254 e. The van der Waals surface area contributed by atoms with E-state index in [2.05, 4.69) is 57.2 Å². The third-order valence-corrected chi connectivity index (χ3v) is 7.18. The molecule has 0 saturated carbocycles. The minimum Gasteiger partial charge on any atom is -0.379 e. The first kappa shape index (κ1) is 22.1. The summed E-state index contributed by atoms with van der Waals surface area (Å²) in [5.74, 6) is 0.640. The zero-order chi connectivity index (χ0) is 22.8. The lowest BCUT2D eigenvalue weighted by molar-refractivity contribution is -0.123. The van der Waals surface area contributed by atoms with Crippen molar-refractivity contribution in [3.63, 3.8) is 0 Å². The van der Waals surface area contributed by atoms with Gasteiger partial charge in [0.05, 0.1) is 31.5 Å². The van der Waals surface area contributed by atoms with E-state index in [1.807, 2.05) is 25.1 Å². The highest BCUT2D eigenvalue weighted by atomic mass is 35.5. The van der Waals surface area contributed by atoms with Gasteiger partial charge in [0.25, 0.3) is 5.91 Å². The Hall–Kier alpha value is -2.67. The van der Waals surface area contributed by atoms with Crippen LogP contribution in [0.5, 0.6) is 0 Å². The maximum atomic E-state index is 12.3. The average molecular weight is 465 g/mol. The minimum atomic E-state index is -0.0998. The van der Waals surface area contributed by atoms with Crippen LogP contribution in [0.3, 0.4) is 0 Å². The number of benzene rings is 2. The number of hydrazone groups is 1. The fraction of sp³-hybridized carbons (Fsp3) is 0.385. The van der Waals surface area contributed by atoms with Crippen molar-refractivity contribution in [2.24, 2.45) is 11.0 Å². The molecule has 2 aromatic carbocycles. The van der Waals surface area contributed by atoms with E-state index in [9.17, 15) is 4.79 Å². The van der Waals surface area contributed by atoms with Gasteiger partial charge in [0.1, 0.15) is 0 Å². The van der Waals surface area contributed by atoms with Crippen LogP contribution in [0.25, 0.3) is 0 Å². The number of carbonyl (C=O) groups excluding carboxylic acids is 1. The quantitative estimate of drug-likeness (QED) is 0.392. The van der Waals surface area contributed by atoms with E-state index < -0.39 is 0 Å². The van der Waals surface area contributed by atoms with Gasteiger partial charge in [-0.15, -0.1) is 0 Å². The van der Waals surface area contributed by atoms with E-state index in [-0.39, 0.29) is 11.9 Å². The van der Waals surface area contributed by atoms with Crippen LogP contribution in [0, 0.1) is 5.92 Å². The Morgan fingerprint density at radius 1 is 1.21 bits per heavy atom. The fourth-order valence-corrected chi connectivity index (χ4v) is 5.32. The van der Waals surface area contributed by atoms with Crippen LogP contribution in [0.4, 0.5) is 5.69 Å². The molecule has 2 N–H and O–H groups in total. The van der Waals surface area contributed by atoms with Crippen molar-refractivity contribution in [3.05, 3.63) is 76.3 Å². The molecule has 3 atom stereocenters. The summed E-state index contributed by atoms with van der Waals surface area (Å²) >= 11 is 6.54. The van der Waals surface area contributed by atoms with Gasteiger partial charge in [0.15, 0.2) is 0 Å². The number of ether oxygens (including phenoxy) is 1. The van der Waals surface area contributed by atoms with Gasteiger partial charge < -0.3 is 10.1 Å². The summed E-state index contributed by atoms with van der Waals surface area (Å²) in [5, 5.41) is 8.91. The Labute approximate surface area is 199 Å². The summed E-state index contributed by atoms with van der Waals surface area (Å²) in [6.07, 6.45) is 5.60. The number of fused-ring (bicyclic) bond motifs is 3. The summed E-state index contributed by atoms with van der Waals surface area (Å²) in [5.41, 5.74) is 8.05. The molecule has 33 heavy (non-hydrogen) atoms. The second-order valence-corrected chi connectivity index (χ2v) is 9.33. The van der Waals surface area contributed by atoms with Crippen molar-refractivity contribution in [1.82, 2.24) is 10.3 Å². The first-order valence-electron chi connectivity index (χ1n) is 11.6. The molecule has 0 radical (unpaired) electrons. The number of hydrogen-bond donors (Lipinski definition) is 2. The zero-order valence-electron chi connectivity index (χ0n) is 18.8. The van der Waals surface area contributed by atoms with E-state index in [0.717, 1.165) is 47.1 Å². The summed E-state index contributed by atoms with van der Waals surface area (Å²) in [6.45, 7) is 5.17. The third kappa shape index (κ3) is 4.69. The third-order valence-electron chi connectivity index (χ3n) is 6.84. The molecular weight excluding hydrogens is 436 g/mol. The summed E-state index contributed by atoms with van der Waals surface area (Å²) in [4.78, 5) is 14.4. The Balaban J connectivity index is 1.33. The molecule has 1 fully saturated rings. The van der Waals surface area contributed by atoms with Crippen molar-refractivity contribution in [3.8, 4) is 0 Å². The van der Waals surface area contributed by atoms with E-state index in [4.69, 9.17) is 16.3 Å². The van der Waals surface area contributed by atoms with Gasteiger partial charge in [-0.3, -0.25) is 9.69 Å². The predicted molar refractivity (Wildman–Crippen MR) is 132 cm³/mol. The van der Waals surface area contributed by atoms with Crippen LogP contribution in [-0.4, -0.2) is 49.4 Å². The maximum absolute atomic E-state index is 12.3. The second kappa shape index (κ2) is 9.67. The monoisotopic (exact) mass is 464 g/mol. The lowest BCUT2D eigenvalue weighted by Gasteiger charge is -2.38. The van der Waals surface area contributed by atoms with Crippen molar-refractivity contribution in [2.75, 3.05) is 38.2 Å². The van der Waals surface area contributed by atoms with Crippen LogP contribution >= 0.6 is 11.6 Å². The number of amides is 1.